The molecule has 0 fully saturated rings. The van der Waals surface area contributed by atoms with Gasteiger partial charge in [0.05, 0.1) is 0 Å². The maximum atomic E-state index is 11.7. The van der Waals surface area contributed by atoms with Gasteiger partial charge in [0.1, 0.15) is 0 Å². The Labute approximate surface area is 136 Å². The zero-order valence-corrected chi connectivity index (χ0v) is 14.0. The summed E-state index contributed by atoms with van der Waals surface area (Å²) < 4.78 is 7.61. The molecule has 0 unspecified atom stereocenters. The summed E-state index contributed by atoms with van der Waals surface area (Å²) >= 11 is 0.216. The first kappa shape index (κ1) is 14.8. The van der Waals surface area contributed by atoms with Crippen molar-refractivity contribution in [3.63, 3.8) is 0 Å². The van der Waals surface area contributed by atoms with Crippen molar-refractivity contribution in [2.75, 3.05) is 6.61 Å². The SMILES string of the molecule is CCOC(=O)c1ccc([Se]c2cccc3ccccc23)cc1. The Morgan fingerprint density at radius 2 is 1.68 bits per heavy atom. The molecule has 0 aromatic heterocycles. The Morgan fingerprint density at radius 3 is 2.45 bits per heavy atom. The predicted octanol–water partition coefficient (Wildman–Crippen LogP) is 2.67. The maximum absolute atomic E-state index is 11.7. The van der Waals surface area contributed by atoms with E-state index in [1.54, 1.807) is 0 Å². The average Bonchev–Trinajstić information content (AvgIpc) is 2.56. The van der Waals surface area contributed by atoms with Crippen molar-refractivity contribution in [3.05, 3.63) is 72.3 Å². The van der Waals surface area contributed by atoms with Gasteiger partial charge in [0, 0.05) is 0 Å². The molecule has 3 aromatic rings. The zero-order valence-electron chi connectivity index (χ0n) is 12.3. The fourth-order valence-corrected chi connectivity index (χ4v) is 4.32. The summed E-state index contributed by atoms with van der Waals surface area (Å²) in [7, 11) is 0. The van der Waals surface area contributed by atoms with E-state index in [1.807, 2.05) is 31.2 Å². The van der Waals surface area contributed by atoms with Crippen LogP contribution in [0.25, 0.3) is 10.8 Å². The summed E-state index contributed by atoms with van der Waals surface area (Å²) in [5.74, 6) is -0.258. The van der Waals surface area contributed by atoms with Gasteiger partial charge in [-0.2, -0.15) is 0 Å². The molecule has 0 saturated heterocycles. The van der Waals surface area contributed by atoms with Crippen LogP contribution in [0.5, 0.6) is 0 Å². The summed E-state index contributed by atoms with van der Waals surface area (Å²) in [6.45, 7) is 2.22. The summed E-state index contributed by atoms with van der Waals surface area (Å²) in [6.07, 6.45) is 0. The van der Waals surface area contributed by atoms with Crippen LogP contribution >= 0.6 is 0 Å². The fourth-order valence-electron chi connectivity index (χ4n) is 2.29. The topological polar surface area (TPSA) is 26.3 Å². The van der Waals surface area contributed by atoms with E-state index in [0.717, 1.165) is 0 Å². The number of fused-ring (bicyclic) bond motifs is 1. The van der Waals surface area contributed by atoms with Crippen LogP contribution in [-0.4, -0.2) is 27.5 Å². The van der Waals surface area contributed by atoms with E-state index >= 15 is 0 Å². The van der Waals surface area contributed by atoms with Crippen LogP contribution in [0.4, 0.5) is 0 Å². The van der Waals surface area contributed by atoms with Crippen molar-refractivity contribution < 1.29 is 9.53 Å². The minimum atomic E-state index is -0.258. The van der Waals surface area contributed by atoms with Crippen molar-refractivity contribution >= 4 is 40.6 Å². The normalized spacial score (nSPS) is 10.6. The van der Waals surface area contributed by atoms with Crippen LogP contribution in [-0.2, 0) is 4.74 Å². The van der Waals surface area contributed by atoms with E-state index in [0.29, 0.717) is 12.2 Å². The molecular weight excluding hydrogens is 339 g/mol. The van der Waals surface area contributed by atoms with Gasteiger partial charge in [0.2, 0.25) is 0 Å². The molecule has 0 radical (unpaired) electrons. The van der Waals surface area contributed by atoms with E-state index in [2.05, 4.69) is 42.5 Å². The van der Waals surface area contributed by atoms with Crippen LogP contribution in [0.15, 0.2) is 66.7 Å². The first-order chi connectivity index (χ1) is 10.8. The molecule has 0 amide bonds. The van der Waals surface area contributed by atoms with Crippen molar-refractivity contribution in [3.8, 4) is 0 Å². The quantitative estimate of drug-likeness (QED) is 0.531. The van der Waals surface area contributed by atoms with Gasteiger partial charge in [-0.25, -0.2) is 0 Å². The molecule has 0 spiro atoms. The molecular formula is C19H16O2Se. The molecule has 0 aliphatic rings. The average molecular weight is 355 g/mol. The van der Waals surface area contributed by atoms with Crippen molar-refractivity contribution in [2.45, 2.75) is 6.92 Å². The fraction of sp³-hybridized carbons (Fsp3) is 0.105. The van der Waals surface area contributed by atoms with Crippen LogP contribution < -0.4 is 8.92 Å². The molecule has 3 rings (SSSR count). The Kier molecular flexibility index (Phi) is 4.57. The monoisotopic (exact) mass is 356 g/mol. The van der Waals surface area contributed by atoms with Crippen molar-refractivity contribution in [2.24, 2.45) is 0 Å². The number of ether oxygens (including phenoxy) is 1. The first-order valence-corrected chi connectivity index (χ1v) is 8.92. The van der Waals surface area contributed by atoms with Crippen LogP contribution in [0.2, 0.25) is 0 Å². The molecule has 0 saturated carbocycles. The van der Waals surface area contributed by atoms with E-state index in [9.17, 15) is 4.79 Å². The Bertz CT molecular complexity index is 789. The minimum absolute atomic E-state index is 0.216. The molecule has 2 nitrogen and oxygen atoms in total. The standard InChI is InChI=1S/C19H16O2Se/c1-2-21-19(20)15-10-12-16(13-11-15)22-18-9-5-7-14-6-3-4-8-17(14)18/h3-13H,2H2,1H3. The second-order valence-corrected chi connectivity index (χ2v) is 7.16. The molecule has 0 aliphatic heterocycles. The summed E-state index contributed by atoms with van der Waals surface area (Å²) in [5.41, 5.74) is 0.610. The number of carbonyl (C=O) groups excluding carboxylic acids is 1. The second kappa shape index (κ2) is 6.78. The summed E-state index contributed by atoms with van der Waals surface area (Å²) in [5, 5.41) is 2.57. The van der Waals surface area contributed by atoms with Gasteiger partial charge in [-0.05, 0) is 0 Å². The Balaban J connectivity index is 1.85. The van der Waals surface area contributed by atoms with Gasteiger partial charge in [0.25, 0.3) is 0 Å². The van der Waals surface area contributed by atoms with Gasteiger partial charge in [-0.1, -0.05) is 0 Å². The number of carbonyl (C=O) groups is 1. The predicted molar refractivity (Wildman–Crippen MR) is 91.4 cm³/mol. The molecule has 3 heteroatoms. The number of benzene rings is 3. The van der Waals surface area contributed by atoms with Gasteiger partial charge in [-0.3, -0.25) is 0 Å². The molecule has 3 aromatic carbocycles. The third kappa shape index (κ3) is 3.22. The van der Waals surface area contributed by atoms with E-state index in [4.69, 9.17) is 4.74 Å². The van der Waals surface area contributed by atoms with Crippen LogP contribution in [0.1, 0.15) is 17.3 Å². The van der Waals surface area contributed by atoms with Gasteiger partial charge in [-0.15, -0.1) is 0 Å². The van der Waals surface area contributed by atoms with E-state index in [1.165, 1.54) is 19.7 Å². The molecule has 0 N–H and O–H groups in total. The molecule has 22 heavy (non-hydrogen) atoms. The Morgan fingerprint density at radius 1 is 0.955 bits per heavy atom. The van der Waals surface area contributed by atoms with Gasteiger partial charge < -0.3 is 0 Å². The zero-order chi connectivity index (χ0) is 15.4. The van der Waals surface area contributed by atoms with Crippen LogP contribution in [0, 0.1) is 0 Å². The summed E-state index contributed by atoms with van der Waals surface area (Å²) in [6, 6.07) is 22.6. The van der Waals surface area contributed by atoms with Crippen LogP contribution in [0.3, 0.4) is 0 Å². The summed E-state index contributed by atoms with van der Waals surface area (Å²) in [4.78, 5) is 11.7. The molecule has 0 atom stereocenters. The molecule has 110 valence electrons. The van der Waals surface area contributed by atoms with Gasteiger partial charge in [0.15, 0.2) is 0 Å². The van der Waals surface area contributed by atoms with Crippen molar-refractivity contribution in [1.82, 2.24) is 0 Å². The Hall–Kier alpha value is -2.09. The number of hydrogen-bond donors (Lipinski definition) is 0. The van der Waals surface area contributed by atoms with E-state index < -0.39 is 0 Å². The molecule has 0 bridgehead atoms. The number of hydrogen-bond acceptors (Lipinski definition) is 2. The van der Waals surface area contributed by atoms with E-state index in [-0.39, 0.29) is 20.9 Å². The second-order valence-electron chi connectivity index (χ2n) is 4.82. The molecule has 0 aliphatic carbocycles. The number of esters is 1. The van der Waals surface area contributed by atoms with Crippen molar-refractivity contribution in [1.29, 1.82) is 0 Å². The van der Waals surface area contributed by atoms with Gasteiger partial charge >= 0.3 is 136 Å². The molecule has 0 heterocycles. The third-order valence-electron chi connectivity index (χ3n) is 3.34. The third-order valence-corrected chi connectivity index (χ3v) is 5.62. The first-order valence-electron chi connectivity index (χ1n) is 7.21. The number of rotatable bonds is 4.